The Labute approximate surface area is 605 Å². The second-order valence-corrected chi connectivity index (χ2v) is 24.1. The molecule has 5 heterocycles. The Morgan fingerprint density at radius 2 is 0.419 bits per heavy atom. The lowest BCUT2D eigenvalue weighted by Gasteiger charge is -2.07. The fourth-order valence-electron chi connectivity index (χ4n) is 7.35. The number of nitro groups is 5. The highest BCUT2D eigenvalue weighted by Crippen LogP contribution is 2.32. The largest absolute Gasteiger partial charge is 0.426 e. The Balaban J connectivity index is 0.000000206. The molecule has 5 aromatic carbocycles. The summed E-state index contributed by atoms with van der Waals surface area (Å²) in [7, 11) is 0. The maximum absolute atomic E-state index is 12.1. The molecule has 0 bridgehead atoms. The van der Waals surface area contributed by atoms with Gasteiger partial charge in [-0.3, -0.25) is 125 Å². The number of aromatic nitrogens is 5. The van der Waals surface area contributed by atoms with E-state index in [1.165, 1.54) is 95.3 Å². The smallest absolute Gasteiger partial charge is 0.345 e. The molecule has 0 saturated carbocycles. The van der Waals surface area contributed by atoms with E-state index in [0.717, 1.165) is 87.7 Å². The number of thiazole rings is 5. The Morgan fingerprint density at radius 1 is 0.276 bits per heavy atom. The van der Waals surface area contributed by atoms with Crippen LogP contribution in [-0.4, -0.2) is 109 Å². The maximum Gasteiger partial charge on any atom is 0.345 e. The number of nitrogens with one attached hydrogen (secondary N) is 5. The molecule has 10 rings (SSSR count). The first kappa shape index (κ1) is 79.9. The number of para-hydroxylation sites is 5. The minimum Gasteiger partial charge on any atom is -0.426 e. The third-order valence-corrected chi connectivity index (χ3v) is 15.7. The van der Waals surface area contributed by atoms with Gasteiger partial charge in [0, 0.05) is 34.6 Å². The van der Waals surface area contributed by atoms with Crippen LogP contribution in [0.15, 0.2) is 152 Å². The van der Waals surface area contributed by atoms with Gasteiger partial charge in [0.25, 0.3) is 29.5 Å². The normalized spacial score (nSPS) is 9.95. The van der Waals surface area contributed by atoms with E-state index in [1.54, 1.807) is 60.7 Å². The molecule has 40 nitrogen and oxygen atoms in total. The highest BCUT2D eigenvalue weighted by Gasteiger charge is 2.24. The Bertz CT molecular complexity index is 4270. The number of nitrogens with zero attached hydrogens (tertiary/aromatic N) is 10. The van der Waals surface area contributed by atoms with Crippen LogP contribution in [0.2, 0.25) is 0 Å². The van der Waals surface area contributed by atoms with Crippen molar-refractivity contribution in [3.05, 3.63) is 231 Å². The molecule has 540 valence electrons. The van der Waals surface area contributed by atoms with Crippen molar-refractivity contribution < 1.29 is 96.2 Å². The average Bonchev–Trinajstić information content (AvgIpc) is 1.84. The summed E-state index contributed by atoms with van der Waals surface area (Å²) in [5.41, 5.74) is 0.651. The van der Waals surface area contributed by atoms with E-state index < -0.39 is 84.0 Å². The molecular formula is C60H45N15O25S5. The summed E-state index contributed by atoms with van der Waals surface area (Å²) in [6.07, 6.45) is 5.27. The predicted molar refractivity (Wildman–Crippen MR) is 372 cm³/mol. The number of carbonyl (C=O) groups is 10. The SMILES string of the molecule is CC(=O)Oc1ccccc1C(=O)Nc1ncc([N+](=O)[O-])s1.CC(=O)Oc1ccccc1C(=O)Nc1ncc([N+](=O)[O-])s1.CC(=O)Oc1ccccc1C(=O)Nc1ncc([N+](=O)[O-])s1.CC(=O)Oc1ccccc1C(=O)Nc1ncc([N+](=O)[O-])s1.CC(=O)Oc1ccccc1C(=O)Nc1ncc([N+](=O)[O-])s1. The molecule has 0 aliphatic heterocycles. The molecule has 5 amide bonds. The van der Waals surface area contributed by atoms with Gasteiger partial charge in [-0.1, -0.05) is 60.7 Å². The zero-order valence-electron chi connectivity index (χ0n) is 53.7. The van der Waals surface area contributed by atoms with Crippen LogP contribution in [0.25, 0.3) is 0 Å². The van der Waals surface area contributed by atoms with Gasteiger partial charge in [0.05, 0.1) is 52.4 Å². The van der Waals surface area contributed by atoms with E-state index >= 15 is 0 Å². The summed E-state index contributed by atoms with van der Waals surface area (Å²) in [4.78, 5) is 184. The minimum absolute atomic E-state index is 0.0873. The van der Waals surface area contributed by atoms with E-state index in [2.05, 4.69) is 51.5 Å². The van der Waals surface area contributed by atoms with Crippen LogP contribution in [0, 0.1) is 50.6 Å². The predicted octanol–water partition coefficient (Wildman–Crippen LogP) is 11.1. The lowest BCUT2D eigenvalue weighted by atomic mass is 10.2. The first-order chi connectivity index (χ1) is 49.8. The van der Waals surface area contributed by atoms with Gasteiger partial charge in [-0.25, -0.2) is 24.9 Å². The molecule has 45 heteroatoms. The van der Waals surface area contributed by atoms with Crippen molar-refractivity contribution in [2.75, 3.05) is 26.6 Å². The minimum atomic E-state index is -0.597. The van der Waals surface area contributed by atoms with Gasteiger partial charge in [-0.15, -0.1) is 0 Å². The third kappa shape index (κ3) is 25.3. The van der Waals surface area contributed by atoms with Crippen LogP contribution >= 0.6 is 56.7 Å². The summed E-state index contributed by atoms with van der Waals surface area (Å²) in [5, 5.41) is 64.4. The third-order valence-electron chi connectivity index (χ3n) is 11.4. The molecule has 0 fully saturated rings. The van der Waals surface area contributed by atoms with Gasteiger partial charge in [-0.2, -0.15) is 0 Å². The Kier molecular flexibility index (Phi) is 29.3. The molecule has 0 spiro atoms. The van der Waals surface area contributed by atoms with Crippen LogP contribution in [0.1, 0.15) is 86.4 Å². The number of esters is 5. The summed E-state index contributed by atoms with van der Waals surface area (Å²) in [6.45, 7) is 6.11. The van der Waals surface area contributed by atoms with Crippen molar-refractivity contribution in [2.45, 2.75) is 34.6 Å². The van der Waals surface area contributed by atoms with E-state index in [-0.39, 0.29) is 107 Å². The van der Waals surface area contributed by atoms with Crippen molar-refractivity contribution in [2.24, 2.45) is 0 Å². The number of amides is 5. The van der Waals surface area contributed by atoms with E-state index in [9.17, 15) is 98.5 Å². The van der Waals surface area contributed by atoms with Crippen LogP contribution in [0.5, 0.6) is 28.7 Å². The molecule has 0 aliphatic carbocycles. The Morgan fingerprint density at radius 3 is 0.543 bits per heavy atom. The van der Waals surface area contributed by atoms with Crippen molar-refractivity contribution in [1.82, 2.24) is 24.9 Å². The lowest BCUT2D eigenvalue weighted by Crippen LogP contribution is -2.14. The van der Waals surface area contributed by atoms with Crippen LogP contribution in [0.4, 0.5) is 50.7 Å². The topological polar surface area (TPSA) is 557 Å². The Hall–Kier alpha value is -14.1. The molecule has 10 aromatic rings. The molecule has 0 atom stereocenters. The van der Waals surface area contributed by atoms with Crippen LogP contribution in [-0.2, 0) is 24.0 Å². The van der Waals surface area contributed by atoms with Crippen LogP contribution < -0.4 is 50.3 Å². The summed E-state index contributed by atoms with van der Waals surface area (Å²) >= 11 is 3.67. The highest BCUT2D eigenvalue weighted by molar-refractivity contribution is 7.20. The molecule has 105 heavy (non-hydrogen) atoms. The first-order valence-electron chi connectivity index (χ1n) is 28.3. The monoisotopic (exact) mass is 1540 g/mol. The number of hydrogen-bond acceptors (Lipinski definition) is 35. The van der Waals surface area contributed by atoms with Gasteiger partial charge < -0.3 is 23.7 Å². The molecule has 5 N–H and O–H groups in total. The van der Waals surface area contributed by atoms with Crippen molar-refractivity contribution in [3.63, 3.8) is 0 Å². The maximum atomic E-state index is 12.1. The van der Waals surface area contributed by atoms with Crippen molar-refractivity contribution in [1.29, 1.82) is 0 Å². The van der Waals surface area contributed by atoms with Crippen molar-refractivity contribution in [3.8, 4) is 28.7 Å². The molecule has 0 radical (unpaired) electrons. The molecular weight excluding hydrogens is 1490 g/mol. The van der Waals surface area contributed by atoms with E-state index in [1.807, 2.05) is 0 Å². The zero-order valence-corrected chi connectivity index (χ0v) is 57.7. The van der Waals surface area contributed by atoms with Crippen LogP contribution in [0.3, 0.4) is 0 Å². The second-order valence-electron chi connectivity index (χ2n) is 19.0. The van der Waals surface area contributed by atoms with Crippen molar-refractivity contribution >= 4 is 167 Å². The summed E-state index contributed by atoms with van der Waals surface area (Å²) < 4.78 is 24.6. The summed E-state index contributed by atoms with van der Waals surface area (Å²) in [5.74, 6) is -5.12. The first-order valence-corrected chi connectivity index (χ1v) is 32.4. The van der Waals surface area contributed by atoms with Gasteiger partial charge in [0.15, 0.2) is 25.7 Å². The van der Waals surface area contributed by atoms with Gasteiger partial charge in [0.2, 0.25) is 0 Å². The molecule has 0 saturated heterocycles. The second kappa shape index (κ2) is 38.5. The van der Waals surface area contributed by atoms with E-state index in [0.29, 0.717) is 0 Å². The molecule has 5 aromatic heterocycles. The fraction of sp³-hybridized carbons (Fsp3) is 0.0833. The number of benzene rings is 5. The zero-order chi connectivity index (χ0) is 77.0. The number of hydrogen-bond donors (Lipinski definition) is 5. The number of ether oxygens (including phenoxy) is 5. The van der Waals surface area contributed by atoms with Gasteiger partial charge in [0.1, 0.15) is 59.7 Å². The summed E-state index contributed by atoms with van der Waals surface area (Å²) in [6, 6.07) is 30.8. The number of rotatable bonds is 20. The highest BCUT2D eigenvalue weighted by atomic mass is 32.1. The molecule has 0 unspecified atom stereocenters. The number of anilines is 5. The standard InChI is InChI=1S/5C12H9N3O5S/c5*1-7(16)20-9-5-3-2-4-8(9)11(17)14-12-13-6-10(21-12)15(18)19/h5*2-6H,1H3,(H,13,14,17). The molecule has 0 aliphatic rings. The van der Waals surface area contributed by atoms with Gasteiger partial charge in [-0.05, 0) is 117 Å². The quantitative estimate of drug-likeness (QED) is 0.0205. The fourth-order valence-corrected chi connectivity index (χ4v) is 10.5. The average molecular weight is 1540 g/mol. The van der Waals surface area contributed by atoms with Gasteiger partial charge >= 0.3 is 54.9 Å². The van der Waals surface area contributed by atoms with E-state index in [4.69, 9.17) is 23.7 Å². The lowest BCUT2D eigenvalue weighted by molar-refractivity contribution is -0.380. The number of carbonyl (C=O) groups excluding carboxylic acids is 10.